The SMILES string of the molecule is CCOc1ccc(OCC)o1. The smallest absolute Gasteiger partial charge is 0.287 e. The van der Waals surface area contributed by atoms with Crippen LogP contribution in [0.3, 0.4) is 0 Å². The molecule has 0 saturated carbocycles. The van der Waals surface area contributed by atoms with Gasteiger partial charge < -0.3 is 13.9 Å². The Morgan fingerprint density at radius 2 is 1.55 bits per heavy atom. The lowest BCUT2D eigenvalue weighted by Crippen LogP contribution is -1.89. The molecule has 0 aromatic carbocycles. The van der Waals surface area contributed by atoms with Gasteiger partial charge in [-0.3, -0.25) is 0 Å². The van der Waals surface area contributed by atoms with Crippen molar-refractivity contribution in [3.63, 3.8) is 0 Å². The van der Waals surface area contributed by atoms with E-state index in [1.54, 1.807) is 12.1 Å². The van der Waals surface area contributed by atoms with Crippen LogP contribution in [0.15, 0.2) is 16.5 Å². The molecule has 0 spiro atoms. The average Bonchev–Trinajstić information content (AvgIpc) is 2.38. The molecule has 11 heavy (non-hydrogen) atoms. The van der Waals surface area contributed by atoms with Crippen LogP contribution in [0, 0.1) is 0 Å². The van der Waals surface area contributed by atoms with Gasteiger partial charge in [-0.05, 0) is 13.8 Å². The van der Waals surface area contributed by atoms with Crippen LogP contribution in [0.25, 0.3) is 0 Å². The van der Waals surface area contributed by atoms with Crippen molar-refractivity contribution >= 4 is 0 Å². The molecule has 1 rings (SSSR count). The van der Waals surface area contributed by atoms with E-state index in [0.717, 1.165) is 0 Å². The minimum atomic E-state index is 0.510. The van der Waals surface area contributed by atoms with Crippen LogP contribution in [0.1, 0.15) is 13.8 Å². The first kappa shape index (κ1) is 7.98. The Morgan fingerprint density at radius 3 is 1.91 bits per heavy atom. The van der Waals surface area contributed by atoms with Gasteiger partial charge in [0, 0.05) is 12.1 Å². The highest BCUT2D eigenvalue weighted by Gasteiger charge is 2.00. The highest BCUT2D eigenvalue weighted by atomic mass is 16.6. The molecule has 0 N–H and O–H groups in total. The Balaban J connectivity index is 2.51. The molecule has 1 heterocycles. The van der Waals surface area contributed by atoms with E-state index < -0.39 is 0 Å². The fourth-order valence-corrected chi connectivity index (χ4v) is 0.743. The third-order valence-electron chi connectivity index (χ3n) is 1.13. The van der Waals surface area contributed by atoms with Crippen molar-refractivity contribution in [3.8, 4) is 11.9 Å². The molecule has 0 amide bonds. The summed E-state index contributed by atoms with van der Waals surface area (Å²) in [6, 6.07) is 3.49. The van der Waals surface area contributed by atoms with Gasteiger partial charge in [-0.15, -0.1) is 0 Å². The largest absolute Gasteiger partial charge is 0.465 e. The van der Waals surface area contributed by atoms with E-state index in [2.05, 4.69) is 0 Å². The quantitative estimate of drug-likeness (QED) is 0.668. The van der Waals surface area contributed by atoms with E-state index in [1.165, 1.54) is 0 Å². The first-order valence-corrected chi connectivity index (χ1v) is 3.72. The second-order valence-electron chi connectivity index (χ2n) is 1.94. The van der Waals surface area contributed by atoms with Gasteiger partial charge in [0.25, 0.3) is 11.9 Å². The molecule has 3 nitrogen and oxygen atoms in total. The Hall–Kier alpha value is -1.12. The monoisotopic (exact) mass is 156 g/mol. The molecule has 0 fully saturated rings. The van der Waals surface area contributed by atoms with Gasteiger partial charge in [0.05, 0.1) is 13.2 Å². The zero-order valence-corrected chi connectivity index (χ0v) is 6.79. The van der Waals surface area contributed by atoms with Crippen molar-refractivity contribution < 1.29 is 13.9 Å². The van der Waals surface area contributed by atoms with Gasteiger partial charge in [-0.2, -0.15) is 0 Å². The van der Waals surface area contributed by atoms with Crippen LogP contribution in [0.5, 0.6) is 11.9 Å². The van der Waals surface area contributed by atoms with E-state index in [9.17, 15) is 0 Å². The number of rotatable bonds is 4. The number of ether oxygens (including phenoxy) is 2. The predicted octanol–water partition coefficient (Wildman–Crippen LogP) is 2.08. The number of hydrogen-bond acceptors (Lipinski definition) is 3. The predicted molar refractivity (Wildman–Crippen MR) is 41.0 cm³/mol. The summed E-state index contributed by atoms with van der Waals surface area (Å²) in [6.07, 6.45) is 0. The number of furan rings is 1. The maximum absolute atomic E-state index is 5.12. The van der Waals surface area contributed by atoms with Gasteiger partial charge in [0.1, 0.15) is 0 Å². The number of hydrogen-bond donors (Lipinski definition) is 0. The molecule has 0 radical (unpaired) electrons. The molecule has 1 aromatic rings. The van der Waals surface area contributed by atoms with Gasteiger partial charge in [0.15, 0.2) is 0 Å². The van der Waals surface area contributed by atoms with Crippen LogP contribution in [-0.4, -0.2) is 13.2 Å². The molecular formula is C8H12O3. The Bertz CT molecular complexity index is 184. The van der Waals surface area contributed by atoms with Crippen molar-refractivity contribution in [2.45, 2.75) is 13.8 Å². The summed E-state index contributed by atoms with van der Waals surface area (Å²) in [7, 11) is 0. The highest BCUT2D eigenvalue weighted by Crippen LogP contribution is 2.21. The van der Waals surface area contributed by atoms with Gasteiger partial charge >= 0.3 is 0 Å². The minimum absolute atomic E-state index is 0.510. The third-order valence-corrected chi connectivity index (χ3v) is 1.13. The first-order valence-electron chi connectivity index (χ1n) is 3.72. The van der Waals surface area contributed by atoms with Crippen LogP contribution in [0.4, 0.5) is 0 Å². The summed E-state index contributed by atoms with van der Waals surface area (Å²) < 4.78 is 15.3. The first-order chi connectivity index (χ1) is 5.36. The molecule has 0 aliphatic rings. The maximum Gasteiger partial charge on any atom is 0.287 e. The Kier molecular flexibility index (Phi) is 2.83. The molecule has 1 aromatic heterocycles. The van der Waals surface area contributed by atoms with Crippen LogP contribution in [0.2, 0.25) is 0 Å². The zero-order valence-electron chi connectivity index (χ0n) is 6.79. The fourth-order valence-electron chi connectivity index (χ4n) is 0.743. The van der Waals surface area contributed by atoms with Gasteiger partial charge in [-0.1, -0.05) is 0 Å². The summed E-state index contributed by atoms with van der Waals surface area (Å²) >= 11 is 0. The molecule has 0 aliphatic carbocycles. The molecular weight excluding hydrogens is 144 g/mol. The van der Waals surface area contributed by atoms with Crippen LogP contribution >= 0.6 is 0 Å². The summed E-state index contributed by atoms with van der Waals surface area (Å²) in [5.74, 6) is 1.02. The van der Waals surface area contributed by atoms with Crippen molar-refractivity contribution in [2.75, 3.05) is 13.2 Å². The van der Waals surface area contributed by atoms with Crippen LogP contribution in [-0.2, 0) is 0 Å². The summed E-state index contributed by atoms with van der Waals surface area (Å²) in [6.45, 7) is 5.03. The van der Waals surface area contributed by atoms with Crippen molar-refractivity contribution in [1.29, 1.82) is 0 Å². The lowest BCUT2D eigenvalue weighted by atomic mass is 10.6. The van der Waals surface area contributed by atoms with Crippen molar-refractivity contribution in [3.05, 3.63) is 12.1 Å². The Labute approximate surface area is 65.9 Å². The highest BCUT2D eigenvalue weighted by molar-refractivity contribution is 5.15. The zero-order chi connectivity index (χ0) is 8.10. The van der Waals surface area contributed by atoms with E-state index in [1.807, 2.05) is 13.8 Å². The van der Waals surface area contributed by atoms with Gasteiger partial charge in [-0.25, -0.2) is 0 Å². The molecule has 0 unspecified atom stereocenters. The van der Waals surface area contributed by atoms with E-state index in [-0.39, 0.29) is 0 Å². The summed E-state index contributed by atoms with van der Waals surface area (Å²) in [4.78, 5) is 0. The molecule has 62 valence electrons. The average molecular weight is 156 g/mol. The lowest BCUT2D eigenvalue weighted by Gasteiger charge is -1.97. The summed E-state index contributed by atoms with van der Waals surface area (Å²) in [5, 5.41) is 0. The lowest BCUT2D eigenvalue weighted by molar-refractivity contribution is 0.202. The summed E-state index contributed by atoms with van der Waals surface area (Å²) in [5.41, 5.74) is 0. The van der Waals surface area contributed by atoms with E-state index in [0.29, 0.717) is 25.1 Å². The molecule has 3 heteroatoms. The molecule has 0 atom stereocenters. The van der Waals surface area contributed by atoms with Crippen molar-refractivity contribution in [1.82, 2.24) is 0 Å². The molecule has 0 saturated heterocycles. The van der Waals surface area contributed by atoms with E-state index in [4.69, 9.17) is 13.9 Å². The second-order valence-corrected chi connectivity index (χ2v) is 1.94. The fraction of sp³-hybridized carbons (Fsp3) is 0.500. The second kappa shape index (κ2) is 3.91. The molecule has 0 bridgehead atoms. The Morgan fingerprint density at radius 1 is 1.09 bits per heavy atom. The van der Waals surface area contributed by atoms with E-state index >= 15 is 0 Å². The minimum Gasteiger partial charge on any atom is -0.465 e. The standard InChI is InChI=1S/C8H12O3/c1-3-9-7-5-6-8(11-7)10-4-2/h5-6H,3-4H2,1-2H3. The van der Waals surface area contributed by atoms with Gasteiger partial charge in [0.2, 0.25) is 0 Å². The maximum atomic E-state index is 5.12. The van der Waals surface area contributed by atoms with Crippen molar-refractivity contribution in [2.24, 2.45) is 0 Å². The topological polar surface area (TPSA) is 31.6 Å². The normalized spacial score (nSPS) is 9.64. The van der Waals surface area contributed by atoms with Crippen LogP contribution < -0.4 is 9.47 Å². The molecule has 0 aliphatic heterocycles. The third kappa shape index (κ3) is 2.18.